The molecule has 3 N–H and O–H groups in total. The zero-order chi connectivity index (χ0) is 19.7. The van der Waals surface area contributed by atoms with Crippen molar-refractivity contribution < 1.29 is 18.0 Å². The highest BCUT2D eigenvalue weighted by Crippen LogP contribution is 2.24. The Labute approximate surface area is 154 Å². The minimum atomic E-state index is -1.21. The lowest BCUT2D eigenvalue weighted by Crippen LogP contribution is -2.33. The van der Waals surface area contributed by atoms with Crippen LogP contribution in [0.2, 0.25) is 0 Å². The van der Waals surface area contributed by atoms with Crippen LogP contribution < -0.4 is 16.0 Å². The molecule has 144 valence electrons. The first-order valence-electron chi connectivity index (χ1n) is 8.53. The van der Waals surface area contributed by atoms with Gasteiger partial charge in [0, 0.05) is 48.6 Å². The molecule has 6 nitrogen and oxygen atoms in total. The molecule has 1 aromatic heterocycles. The maximum atomic E-state index is 13.7. The van der Waals surface area contributed by atoms with E-state index in [1.54, 1.807) is 6.92 Å². The molecule has 2 heterocycles. The highest BCUT2D eigenvalue weighted by Gasteiger charge is 2.26. The number of aryl methyl sites for hydroxylation is 1. The number of halogens is 3. The van der Waals surface area contributed by atoms with Gasteiger partial charge in [-0.15, -0.1) is 0 Å². The van der Waals surface area contributed by atoms with Crippen molar-refractivity contribution in [1.29, 1.82) is 0 Å². The molecule has 2 aromatic rings. The van der Waals surface area contributed by atoms with E-state index in [1.807, 2.05) is 11.8 Å². The molecule has 1 fully saturated rings. The Balaban J connectivity index is 1.69. The molecule has 1 atom stereocenters. The van der Waals surface area contributed by atoms with Gasteiger partial charge in [-0.05, 0) is 26.3 Å². The van der Waals surface area contributed by atoms with Gasteiger partial charge >= 0.3 is 0 Å². The van der Waals surface area contributed by atoms with E-state index >= 15 is 0 Å². The quantitative estimate of drug-likeness (QED) is 0.776. The molecule has 1 aliphatic heterocycles. The summed E-state index contributed by atoms with van der Waals surface area (Å²) >= 11 is 0. The number of hydrogen-bond acceptors (Lipinski definition) is 5. The second kappa shape index (κ2) is 7.51. The smallest absolute Gasteiger partial charge is 0.286 e. The topological polar surface area (TPSA) is 84.1 Å². The molecule has 1 aromatic carbocycles. The molecule has 1 saturated heterocycles. The molecular formula is C18H20F3N5O. The van der Waals surface area contributed by atoms with E-state index in [9.17, 15) is 18.0 Å². The van der Waals surface area contributed by atoms with Crippen molar-refractivity contribution in [3.05, 3.63) is 52.2 Å². The molecule has 0 unspecified atom stereocenters. The van der Waals surface area contributed by atoms with Crippen molar-refractivity contribution in [2.45, 2.75) is 32.9 Å². The van der Waals surface area contributed by atoms with Gasteiger partial charge in [-0.25, -0.2) is 23.1 Å². The van der Waals surface area contributed by atoms with Crippen LogP contribution in [0.15, 0.2) is 12.1 Å². The zero-order valence-electron chi connectivity index (χ0n) is 15.0. The monoisotopic (exact) mass is 379 g/mol. The minimum Gasteiger partial charge on any atom is -0.363 e. The number of nitrogens with two attached hydrogens (primary N) is 1. The summed E-state index contributed by atoms with van der Waals surface area (Å²) in [6.07, 6.45) is 0.750. The number of rotatable bonds is 5. The molecule has 0 radical (unpaired) electrons. The third kappa shape index (κ3) is 4.02. The Kier molecular flexibility index (Phi) is 5.31. The lowest BCUT2D eigenvalue weighted by molar-refractivity contribution is 0.0990. The highest BCUT2D eigenvalue weighted by atomic mass is 19.2. The van der Waals surface area contributed by atoms with Gasteiger partial charge in [0.1, 0.15) is 11.6 Å². The largest absolute Gasteiger partial charge is 0.363 e. The Bertz CT molecular complexity index is 890. The van der Waals surface area contributed by atoms with E-state index in [0.29, 0.717) is 30.7 Å². The van der Waals surface area contributed by atoms with Crippen molar-refractivity contribution in [3.63, 3.8) is 0 Å². The van der Waals surface area contributed by atoms with Crippen LogP contribution in [-0.2, 0) is 6.54 Å². The van der Waals surface area contributed by atoms with Gasteiger partial charge in [-0.2, -0.15) is 0 Å². The van der Waals surface area contributed by atoms with E-state index in [2.05, 4.69) is 15.3 Å². The summed E-state index contributed by atoms with van der Waals surface area (Å²) in [5.41, 5.74) is 6.89. The standard InChI is InChI=1S/C18H20F3N5O/c1-9-10(2)24-17(16(22)27)25-18(9)26-4-3-12(8-26)23-7-11-5-14(20)15(21)6-13(11)19/h5-6,12,23H,3-4,7-8H2,1-2H3,(H2,22,27)/t12-/m1/s1. The molecule has 27 heavy (non-hydrogen) atoms. The molecular weight excluding hydrogens is 359 g/mol. The Morgan fingerprint density at radius 2 is 1.93 bits per heavy atom. The van der Waals surface area contributed by atoms with E-state index in [-0.39, 0.29) is 24.0 Å². The van der Waals surface area contributed by atoms with E-state index < -0.39 is 23.4 Å². The summed E-state index contributed by atoms with van der Waals surface area (Å²) in [6, 6.07) is 1.41. The Hall–Kier alpha value is -2.68. The highest BCUT2D eigenvalue weighted by molar-refractivity contribution is 5.89. The van der Waals surface area contributed by atoms with Crippen LogP contribution in [0.25, 0.3) is 0 Å². The third-order valence-corrected chi connectivity index (χ3v) is 4.74. The first kappa shape index (κ1) is 19.1. The minimum absolute atomic E-state index is 0.00390. The number of aromatic nitrogens is 2. The van der Waals surface area contributed by atoms with Gasteiger partial charge in [-0.1, -0.05) is 0 Å². The van der Waals surface area contributed by atoms with Gasteiger partial charge < -0.3 is 16.0 Å². The molecule has 3 rings (SSSR count). The number of anilines is 1. The lowest BCUT2D eigenvalue weighted by atomic mass is 10.1. The zero-order valence-corrected chi connectivity index (χ0v) is 15.0. The molecule has 9 heteroatoms. The molecule has 1 aliphatic rings. The summed E-state index contributed by atoms with van der Waals surface area (Å²) < 4.78 is 40.1. The average Bonchev–Trinajstić information content (AvgIpc) is 3.07. The number of nitrogens with one attached hydrogen (secondary N) is 1. The van der Waals surface area contributed by atoms with Gasteiger partial charge in [0.15, 0.2) is 11.6 Å². The number of amides is 1. The van der Waals surface area contributed by atoms with Crippen molar-refractivity contribution in [3.8, 4) is 0 Å². The van der Waals surface area contributed by atoms with Gasteiger partial charge in [0.2, 0.25) is 5.82 Å². The predicted octanol–water partition coefficient (Wildman–Crippen LogP) is 1.98. The number of hydrogen-bond donors (Lipinski definition) is 2. The van der Waals surface area contributed by atoms with Crippen LogP contribution >= 0.6 is 0 Å². The van der Waals surface area contributed by atoms with Crippen LogP contribution in [-0.4, -0.2) is 35.0 Å². The number of carbonyl (C=O) groups is 1. The van der Waals surface area contributed by atoms with Crippen molar-refractivity contribution >= 4 is 11.7 Å². The summed E-state index contributed by atoms with van der Waals surface area (Å²) in [6.45, 7) is 4.97. The average molecular weight is 379 g/mol. The fourth-order valence-electron chi connectivity index (χ4n) is 3.10. The number of primary amides is 1. The van der Waals surface area contributed by atoms with Crippen molar-refractivity contribution in [1.82, 2.24) is 15.3 Å². The maximum Gasteiger partial charge on any atom is 0.286 e. The van der Waals surface area contributed by atoms with Crippen molar-refractivity contribution in [2.24, 2.45) is 5.73 Å². The molecule has 0 aliphatic carbocycles. The van der Waals surface area contributed by atoms with Gasteiger partial charge in [0.05, 0.1) is 0 Å². The SMILES string of the molecule is Cc1nc(C(N)=O)nc(N2CC[C@@H](NCc3cc(F)c(F)cc3F)C2)c1C. The molecule has 0 spiro atoms. The third-order valence-electron chi connectivity index (χ3n) is 4.74. The number of nitrogens with zero attached hydrogens (tertiary/aromatic N) is 3. The first-order valence-corrected chi connectivity index (χ1v) is 8.53. The summed E-state index contributed by atoms with van der Waals surface area (Å²) in [5.74, 6) is -3.16. The first-order chi connectivity index (χ1) is 12.8. The van der Waals surface area contributed by atoms with E-state index in [1.165, 1.54) is 0 Å². The number of benzene rings is 1. The summed E-state index contributed by atoms with van der Waals surface area (Å²) in [4.78, 5) is 21.8. The maximum absolute atomic E-state index is 13.7. The molecule has 0 saturated carbocycles. The van der Waals surface area contributed by atoms with E-state index in [0.717, 1.165) is 18.1 Å². The van der Waals surface area contributed by atoms with Crippen LogP contribution in [0.4, 0.5) is 19.0 Å². The van der Waals surface area contributed by atoms with Crippen LogP contribution in [0, 0.1) is 31.3 Å². The Morgan fingerprint density at radius 3 is 2.63 bits per heavy atom. The normalized spacial score (nSPS) is 16.8. The van der Waals surface area contributed by atoms with Crippen LogP contribution in [0.1, 0.15) is 33.9 Å². The fourth-order valence-corrected chi connectivity index (χ4v) is 3.10. The van der Waals surface area contributed by atoms with Crippen molar-refractivity contribution in [2.75, 3.05) is 18.0 Å². The molecule has 0 bridgehead atoms. The van der Waals surface area contributed by atoms with Gasteiger partial charge in [0.25, 0.3) is 5.91 Å². The molecule has 1 amide bonds. The van der Waals surface area contributed by atoms with Gasteiger partial charge in [-0.3, -0.25) is 4.79 Å². The van der Waals surface area contributed by atoms with E-state index in [4.69, 9.17) is 5.73 Å². The van der Waals surface area contributed by atoms with Crippen LogP contribution in [0.3, 0.4) is 0 Å². The summed E-state index contributed by atoms with van der Waals surface area (Å²) in [5, 5.41) is 3.15. The summed E-state index contributed by atoms with van der Waals surface area (Å²) in [7, 11) is 0. The second-order valence-corrected chi connectivity index (χ2v) is 6.62. The fraction of sp³-hybridized carbons (Fsp3) is 0.389. The Morgan fingerprint density at radius 1 is 1.22 bits per heavy atom. The number of carbonyl (C=O) groups excluding carboxylic acids is 1. The second-order valence-electron chi connectivity index (χ2n) is 6.62. The lowest BCUT2D eigenvalue weighted by Gasteiger charge is -2.21. The predicted molar refractivity (Wildman–Crippen MR) is 93.8 cm³/mol. The van der Waals surface area contributed by atoms with Crippen LogP contribution in [0.5, 0.6) is 0 Å².